The molecule has 0 unspecified atom stereocenters. The van der Waals surface area contributed by atoms with Gasteiger partial charge in [0, 0.05) is 32.8 Å². The molecule has 23 heavy (non-hydrogen) atoms. The standard InChI is InChI=1S/C16H26N2O5/c1-11-5-18(6-12(2)23-11)14(19)8-17-7-13-3-4-22-10-16(13,9-17)15(20)21/h11-13H,3-10H2,1-2H3,(H,20,21)/t11-,12+,13-,16+/m0/s1. The van der Waals surface area contributed by atoms with E-state index in [1.807, 2.05) is 23.6 Å². The lowest BCUT2D eigenvalue weighted by atomic mass is 9.76. The molecule has 3 fully saturated rings. The minimum atomic E-state index is -0.843. The van der Waals surface area contributed by atoms with Crippen LogP contribution in [0.1, 0.15) is 20.3 Å². The summed E-state index contributed by atoms with van der Waals surface area (Å²) >= 11 is 0. The molecule has 7 nitrogen and oxygen atoms in total. The van der Waals surface area contributed by atoms with Gasteiger partial charge in [0.25, 0.3) is 0 Å². The number of hydrogen-bond donors (Lipinski definition) is 1. The zero-order valence-electron chi connectivity index (χ0n) is 13.9. The Hall–Kier alpha value is -1.18. The van der Waals surface area contributed by atoms with E-state index in [0.717, 1.165) is 6.42 Å². The highest BCUT2D eigenvalue weighted by Crippen LogP contribution is 2.41. The second kappa shape index (κ2) is 6.37. The minimum absolute atomic E-state index is 0.0441. The average Bonchev–Trinajstić information content (AvgIpc) is 2.85. The van der Waals surface area contributed by atoms with Crippen LogP contribution in [0.25, 0.3) is 0 Å². The Labute approximate surface area is 136 Å². The summed E-state index contributed by atoms with van der Waals surface area (Å²) in [6.07, 6.45) is 0.841. The van der Waals surface area contributed by atoms with E-state index >= 15 is 0 Å². The van der Waals surface area contributed by atoms with Crippen molar-refractivity contribution in [2.45, 2.75) is 32.5 Å². The summed E-state index contributed by atoms with van der Waals surface area (Å²) < 4.78 is 11.1. The molecule has 3 heterocycles. The van der Waals surface area contributed by atoms with Crippen molar-refractivity contribution in [3.63, 3.8) is 0 Å². The number of carbonyl (C=O) groups excluding carboxylic acids is 1. The van der Waals surface area contributed by atoms with Crippen LogP contribution >= 0.6 is 0 Å². The topological polar surface area (TPSA) is 79.3 Å². The lowest BCUT2D eigenvalue weighted by molar-refractivity contribution is -0.160. The molecule has 0 aliphatic carbocycles. The van der Waals surface area contributed by atoms with E-state index in [0.29, 0.717) is 32.8 Å². The van der Waals surface area contributed by atoms with Crippen molar-refractivity contribution >= 4 is 11.9 Å². The number of carbonyl (C=O) groups is 2. The molecule has 130 valence electrons. The lowest BCUT2D eigenvalue weighted by Crippen LogP contribution is -2.51. The minimum Gasteiger partial charge on any atom is -0.481 e. The lowest BCUT2D eigenvalue weighted by Gasteiger charge is -2.36. The van der Waals surface area contributed by atoms with Crippen LogP contribution in [0, 0.1) is 11.3 Å². The van der Waals surface area contributed by atoms with Gasteiger partial charge in [0.2, 0.25) is 5.91 Å². The predicted molar refractivity (Wildman–Crippen MR) is 82.0 cm³/mol. The second-order valence-corrected chi connectivity index (χ2v) is 7.23. The number of aliphatic carboxylic acids is 1. The number of morpholine rings is 1. The van der Waals surface area contributed by atoms with Crippen LogP contribution in [0.3, 0.4) is 0 Å². The third kappa shape index (κ3) is 3.22. The number of amides is 1. The van der Waals surface area contributed by atoms with E-state index in [1.165, 1.54) is 0 Å². The fourth-order valence-corrected chi connectivity index (χ4v) is 4.19. The summed E-state index contributed by atoms with van der Waals surface area (Å²) in [6.45, 7) is 7.36. The smallest absolute Gasteiger partial charge is 0.313 e. The first-order valence-electron chi connectivity index (χ1n) is 8.37. The van der Waals surface area contributed by atoms with Gasteiger partial charge in [0.15, 0.2) is 0 Å². The van der Waals surface area contributed by atoms with Gasteiger partial charge in [-0.2, -0.15) is 0 Å². The molecule has 0 radical (unpaired) electrons. The van der Waals surface area contributed by atoms with E-state index in [9.17, 15) is 14.7 Å². The monoisotopic (exact) mass is 326 g/mol. The Morgan fingerprint density at radius 2 is 1.91 bits per heavy atom. The summed E-state index contributed by atoms with van der Waals surface area (Å²) in [4.78, 5) is 28.2. The van der Waals surface area contributed by atoms with Gasteiger partial charge in [0.05, 0.1) is 25.4 Å². The molecule has 3 aliphatic heterocycles. The molecule has 3 aliphatic rings. The quantitative estimate of drug-likeness (QED) is 0.789. The van der Waals surface area contributed by atoms with E-state index < -0.39 is 11.4 Å². The van der Waals surface area contributed by atoms with Gasteiger partial charge in [-0.3, -0.25) is 14.5 Å². The van der Waals surface area contributed by atoms with E-state index in [4.69, 9.17) is 9.47 Å². The predicted octanol–water partition coefficient (Wildman–Crippen LogP) is 0.0453. The maximum atomic E-state index is 12.6. The number of carboxylic acids is 1. The molecule has 3 saturated heterocycles. The van der Waals surface area contributed by atoms with Gasteiger partial charge < -0.3 is 19.5 Å². The molecular formula is C16H26N2O5. The number of nitrogens with zero attached hydrogens (tertiary/aromatic N) is 2. The van der Waals surface area contributed by atoms with Crippen LogP contribution in [0.4, 0.5) is 0 Å². The largest absolute Gasteiger partial charge is 0.481 e. The zero-order chi connectivity index (χ0) is 16.6. The summed E-state index contributed by atoms with van der Waals surface area (Å²) in [5, 5.41) is 9.65. The summed E-state index contributed by atoms with van der Waals surface area (Å²) in [6, 6.07) is 0. The van der Waals surface area contributed by atoms with E-state index in [1.54, 1.807) is 0 Å². The molecule has 1 amide bonds. The molecule has 0 bridgehead atoms. The summed E-state index contributed by atoms with van der Waals surface area (Å²) in [7, 11) is 0. The first-order chi connectivity index (χ1) is 10.9. The number of ether oxygens (including phenoxy) is 2. The Morgan fingerprint density at radius 3 is 2.52 bits per heavy atom. The van der Waals surface area contributed by atoms with Gasteiger partial charge in [-0.25, -0.2) is 0 Å². The molecule has 1 N–H and O–H groups in total. The van der Waals surface area contributed by atoms with Gasteiger partial charge in [0.1, 0.15) is 5.41 Å². The van der Waals surface area contributed by atoms with Crippen molar-refractivity contribution < 1.29 is 24.2 Å². The van der Waals surface area contributed by atoms with Crippen molar-refractivity contribution in [3.05, 3.63) is 0 Å². The third-order valence-electron chi connectivity index (χ3n) is 5.29. The van der Waals surface area contributed by atoms with Crippen LogP contribution in [0.5, 0.6) is 0 Å². The molecule has 0 aromatic carbocycles. The number of hydrogen-bond acceptors (Lipinski definition) is 5. The van der Waals surface area contributed by atoms with Crippen LogP contribution in [-0.2, 0) is 19.1 Å². The van der Waals surface area contributed by atoms with Crippen molar-refractivity contribution in [3.8, 4) is 0 Å². The van der Waals surface area contributed by atoms with Crippen LogP contribution in [-0.4, -0.2) is 84.9 Å². The number of carboxylic acid groups (broad SMARTS) is 1. The maximum Gasteiger partial charge on any atom is 0.313 e. The fourth-order valence-electron chi connectivity index (χ4n) is 4.19. The molecular weight excluding hydrogens is 300 g/mol. The van der Waals surface area contributed by atoms with Gasteiger partial charge in [-0.1, -0.05) is 0 Å². The average molecular weight is 326 g/mol. The molecule has 7 heteroatoms. The van der Waals surface area contributed by atoms with Gasteiger partial charge >= 0.3 is 5.97 Å². The summed E-state index contributed by atoms with van der Waals surface area (Å²) in [5.41, 5.74) is -0.843. The Kier molecular flexibility index (Phi) is 4.62. The summed E-state index contributed by atoms with van der Waals surface area (Å²) in [5.74, 6) is -0.665. The molecule has 0 spiro atoms. The number of fused-ring (bicyclic) bond motifs is 1. The normalized spacial score (nSPS) is 38.3. The van der Waals surface area contributed by atoms with E-state index in [2.05, 4.69) is 0 Å². The molecule has 4 atom stereocenters. The SMILES string of the molecule is C[C@@H]1CN(C(=O)CN2C[C@@H]3CCOC[C@]3(C(=O)O)C2)C[C@H](C)O1. The highest BCUT2D eigenvalue weighted by Gasteiger charge is 2.54. The highest BCUT2D eigenvalue weighted by atomic mass is 16.5. The van der Waals surface area contributed by atoms with Crippen LogP contribution in [0.2, 0.25) is 0 Å². The van der Waals surface area contributed by atoms with Crippen LogP contribution < -0.4 is 0 Å². The number of likely N-dealkylation sites (tertiary alicyclic amines) is 1. The fraction of sp³-hybridized carbons (Fsp3) is 0.875. The van der Waals surface area contributed by atoms with Crippen molar-refractivity contribution in [2.75, 3.05) is 45.9 Å². The first kappa shape index (κ1) is 16.7. The van der Waals surface area contributed by atoms with Gasteiger partial charge in [-0.05, 0) is 26.2 Å². The molecule has 0 saturated carbocycles. The van der Waals surface area contributed by atoms with Crippen molar-refractivity contribution in [1.29, 1.82) is 0 Å². The third-order valence-corrected chi connectivity index (χ3v) is 5.29. The molecule has 0 aromatic heterocycles. The molecule has 3 rings (SSSR count). The molecule has 0 aromatic rings. The first-order valence-corrected chi connectivity index (χ1v) is 8.37. The van der Waals surface area contributed by atoms with E-state index in [-0.39, 0.29) is 37.2 Å². The number of rotatable bonds is 3. The Balaban J connectivity index is 1.62. The Bertz CT molecular complexity index is 475. The highest BCUT2D eigenvalue weighted by molar-refractivity contribution is 5.79. The van der Waals surface area contributed by atoms with Crippen LogP contribution in [0.15, 0.2) is 0 Å². The van der Waals surface area contributed by atoms with Gasteiger partial charge in [-0.15, -0.1) is 0 Å². The van der Waals surface area contributed by atoms with Crippen molar-refractivity contribution in [1.82, 2.24) is 9.80 Å². The Morgan fingerprint density at radius 1 is 1.22 bits per heavy atom. The maximum absolute atomic E-state index is 12.6. The zero-order valence-corrected chi connectivity index (χ0v) is 13.9. The van der Waals surface area contributed by atoms with Crippen molar-refractivity contribution in [2.24, 2.45) is 11.3 Å². The second-order valence-electron chi connectivity index (χ2n) is 7.23.